The molecular formula is C16H22BrN3O. The third-order valence-electron chi connectivity index (χ3n) is 3.33. The smallest absolute Gasteiger partial charge is 0.120 e. The first-order valence-electron chi connectivity index (χ1n) is 7.08. The van der Waals surface area contributed by atoms with Crippen LogP contribution in [0.3, 0.4) is 0 Å². The summed E-state index contributed by atoms with van der Waals surface area (Å²) < 4.78 is 8.64. The lowest BCUT2D eigenvalue weighted by Gasteiger charge is -2.15. The number of rotatable bonds is 5. The first-order valence-corrected chi connectivity index (χ1v) is 7.88. The van der Waals surface area contributed by atoms with E-state index in [1.807, 2.05) is 56.8 Å². The predicted octanol–water partition coefficient (Wildman–Crippen LogP) is 3.52. The number of hydrogen-bond acceptors (Lipinski definition) is 3. The first kappa shape index (κ1) is 16.0. The second-order valence-corrected chi connectivity index (χ2v) is 6.31. The SMILES string of the molecule is Cc1nn(C)c(CC(N)c2cccc(OC(C)C)c2)c1Br. The fourth-order valence-electron chi connectivity index (χ4n) is 2.32. The van der Waals surface area contributed by atoms with Crippen molar-refractivity contribution in [2.45, 2.75) is 39.3 Å². The van der Waals surface area contributed by atoms with Gasteiger partial charge in [0.1, 0.15) is 5.75 Å². The molecule has 0 bridgehead atoms. The van der Waals surface area contributed by atoms with Crippen molar-refractivity contribution in [1.82, 2.24) is 9.78 Å². The second-order valence-electron chi connectivity index (χ2n) is 5.52. The number of ether oxygens (including phenoxy) is 1. The summed E-state index contributed by atoms with van der Waals surface area (Å²) in [5.74, 6) is 0.859. The normalized spacial score (nSPS) is 12.7. The van der Waals surface area contributed by atoms with Gasteiger partial charge in [-0.2, -0.15) is 5.10 Å². The van der Waals surface area contributed by atoms with Gasteiger partial charge in [0, 0.05) is 19.5 Å². The van der Waals surface area contributed by atoms with Crippen LogP contribution in [0.25, 0.3) is 0 Å². The van der Waals surface area contributed by atoms with E-state index in [0.29, 0.717) is 0 Å². The number of halogens is 1. The molecule has 1 heterocycles. The van der Waals surface area contributed by atoms with Crippen LogP contribution in [-0.2, 0) is 13.5 Å². The van der Waals surface area contributed by atoms with Crippen LogP contribution in [0, 0.1) is 6.92 Å². The van der Waals surface area contributed by atoms with E-state index in [4.69, 9.17) is 10.5 Å². The lowest BCUT2D eigenvalue weighted by Crippen LogP contribution is -2.16. The Morgan fingerprint density at radius 3 is 2.67 bits per heavy atom. The van der Waals surface area contributed by atoms with E-state index in [9.17, 15) is 0 Å². The van der Waals surface area contributed by atoms with Gasteiger partial charge in [-0.15, -0.1) is 0 Å². The molecule has 0 spiro atoms. The minimum atomic E-state index is -0.0909. The molecule has 2 N–H and O–H groups in total. The standard InChI is InChI=1S/C16H22BrN3O/c1-10(2)21-13-7-5-6-12(8-13)14(18)9-15-16(17)11(3)19-20(15)4/h5-8,10,14H,9,18H2,1-4H3. The van der Waals surface area contributed by atoms with Crippen molar-refractivity contribution in [3.63, 3.8) is 0 Å². The van der Waals surface area contributed by atoms with Crippen molar-refractivity contribution in [2.24, 2.45) is 12.8 Å². The van der Waals surface area contributed by atoms with Gasteiger partial charge >= 0.3 is 0 Å². The van der Waals surface area contributed by atoms with Crippen LogP contribution in [0.1, 0.15) is 36.8 Å². The highest BCUT2D eigenvalue weighted by Gasteiger charge is 2.16. The molecule has 5 heteroatoms. The molecule has 4 nitrogen and oxygen atoms in total. The van der Waals surface area contributed by atoms with Gasteiger partial charge < -0.3 is 10.5 Å². The highest BCUT2D eigenvalue weighted by atomic mass is 79.9. The number of nitrogens with zero attached hydrogens (tertiary/aromatic N) is 2. The highest BCUT2D eigenvalue weighted by Crippen LogP contribution is 2.26. The Labute approximate surface area is 134 Å². The van der Waals surface area contributed by atoms with E-state index in [0.717, 1.165) is 33.6 Å². The summed E-state index contributed by atoms with van der Waals surface area (Å²) in [5.41, 5.74) is 9.51. The molecule has 114 valence electrons. The van der Waals surface area contributed by atoms with E-state index in [-0.39, 0.29) is 12.1 Å². The Hall–Kier alpha value is -1.33. The second kappa shape index (κ2) is 6.62. The van der Waals surface area contributed by atoms with Crippen LogP contribution in [0.4, 0.5) is 0 Å². The average Bonchev–Trinajstić information content (AvgIpc) is 2.65. The molecule has 0 aliphatic rings. The molecule has 0 saturated carbocycles. The molecule has 1 aromatic heterocycles. The number of nitrogens with two attached hydrogens (primary N) is 1. The molecule has 1 aromatic carbocycles. The number of hydrogen-bond donors (Lipinski definition) is 1. The zero-order chi connectivity index (χ0) is 15.6. The average molecular weight is 352 g/mol. The first-order chi connectivity index (χ1) is 9.88. The van der Waals surface area contributed by atoms with Gasteiger partial charge in [0.25, 0.3) is 0 Å². The van der Waals surface area contributed by atoms with Gasteiger partial charge in [-0.05, 0) is 54.4 Å². The lowest BCUT2D eigenvalue weighted by atomic mass is 10.0. The molecule has 2 rings (SSSR count). The van der Waals surface area contributed by atoms with E-state index >= 15 is 0 Å². The van der Waals surface area contributed by atoms with Gasteiger partial charge in [-0.25, -0.2) is 0 Å². The lowest BCUT2D eigenvalue weighted by molar-refractivity contribution is 0.242. The Morgan fingerprint density at radius 1 is 1.38 bits per heavy atom. The summed E-state index contributed by atoms with van der Waals surface area (Å²) in [7, 11) is 1.94. The summed E-state index contributed by atoms with van der Waals surface area (Å²) in [6, 6.07) is 7.90. The van der Waals surface area contributed by atoms with Crippen molar-refractivity contribution in [1.29, 1.82) is 0 Å². The van der Waals surface area contributed by atoms with E-state index in [1.165, 1.54) is 0 Å². The predicted molar refractivity (Wildman–Crippen MR) is 88.5 cm³/mol. The molecule has 2 aromatic rings. The fraction of sp³-hybridized carbons (Fsp3) is 0.438. The molecule has 0 fully saturated rings. The van der Waals surface area contributed by atoms with Crippen LogP contribution in [0.2, 0.25) is 0 Å². The summed E-state index contributed by atoms with van der Waals surface area (Å²) >= 11 is 3.59. The van der Waals surface area contributed by atoms with Crippen molar-refractivity contribution in [2.75, 3.05) is 0 Å². The molecule has 0 radical (unpaired) electrons. The molecular weight excluding hydrogens is 330 g/mol. The maximum Gasteiger partial charge on any atom is 0.120 e. The number of aromatic nitrogens is 2. The Morgan fingerprint density at radius 2 is 2.10 bits per heavy atom. The Bertz CT molecular complexity index is 622. The summed E-state index contributed by atoms with van der Waals surface area (Å²) in [6.07, 6.45) is 0.883. The van der Waals surface area contributed by atoms with Gasteiger partial charge in [-0.1, -0.05) is 12.1 Å². The van der Waals surface area contributed by atoms with Gasteiger partial charge in [-0.3, -0.25) is 4.68 Å². The van der Waals surface area contributed by atoms with E-state index in [2.05, 4.69) is 21.0 Å². The maximum atomic E-state index is 6.36. The fourth-order valence-corrected chi connectivity index (χ4v) is 2.82. The summed E-state index contributed by atoms with van der Waals surface area (Å²) in [6.45, 7) is 6.01. The third kappa shape index (κ3) is 3.86. The third-order valence-corrected chi connectivity index (χ3v) is 4.36. The van der Waals surface area contributed by atoms with E-state index in [1.54, 1.807) is 0 Å². The zero-order valence-corrected chi connectivity index (χ0v) is 14.5. The summed E-state index contributed by atoms with van der Waals surface area (Å²) in [5, 5.41) is 4.40. The molecule has 0 saturated heterocycles. The maximum absolute atomic E-state index is 6.36. The molecule has 0 amide bonds. The van der Waals surface area contributed by atoms with Crippen molar-refractivity contribution < 1.29 is 4.74 Å². The van der Waals surface area contributed by atoms with Crippen molar-refractivity contribution >= 4 is 15.9 Å². The monoisotopic (exact) mass is 351 g/mol. The molecule has 1 unspecified atom stereocenters. The van der Waals surface area contributed by atoms with Gasteiger partial charge in [0.2, 0.25) is 0 Å². The van der Waals surface area contributed by atoms with Crippen molar-refractivity contribution in [3.8, 4) is 5.75 Å². The highest BCUT2D eigenvalue weighted by molar-refractivity contribution is 9.10. The Balaban J connectivity index is 2.18. The number of aryl methyl sites for hydroxylation is 2. The summed E-state index contributed by atoms with van der Waals surface area (Å²) in [4.78, 5) is 0. The minimum Gasteiger partial charge on any atom is -0.491 e. The Kier molecular flexibility index (Phi) is 5.06. The molecule has 1 atom stereocenters. The van der Waals surface area contributed by atoms with Crippen LogP contribution >= 0.6 is 15.9 Å². The minimum absolute atomic E-state index is 0.0909. The zero-order valence-electron chi connectivity index (χ0n) is 12.9. The molecule has 0 aliphatic heterocycles. The van der Waals surface area contributed by atoms with Gasteiger partial charge in [0.05, 0.1) is 22.0 Å². The molecule has 21 heavy (non-hydrogen) atoms. The van der Waals surface area contributed by atoms with Gasteiger partial charge in [0.15, 0.2) is 0 Å². The van der Waals surface area contributed by atoms with Crippen molar-refractivity contribution in [3.05, 3.63) is 45.7 Å². The van der Waals surface area contributed by atoms with E-state index < -0.39 is 0 Å². The van der Waals surface area contributed by atoms with Crippen LogP contribution in [0.5, 0.6) is 5.75 Å². The van der Waals surface area contributed by atoms with Crippen LogP contribution in [0.15, 0.2) is 28.7 Å². The quantitative estimate of drug-likeness (QED) is 0.896. The van der Waals surface area contributed by atoms with Crippen LogP contribution in [-0.4, -0.2) is 15.9 Å². The number of benzene rings is 1. The topological polar surface area (TPSA) is 53.1 Å². The largest absolute Gasteiger partial charge is 0.491 e. The molecule has 0 aliphatic carbocycles. The van der Waals surface area contributed by atoms with Crippen LogP contribution < -0.4 is 10.5 Å².